The van der Waals surface area contributed by atoms with Crippen molar-refractivity contribution in [3.05, 3.63) is 47.5 Å². The number of benzene rings is 1. The molecule has 0 radical (unpaired) electrons. The third-order valence-corrected chi connectivity index (χ3v) is 4.12. The molecule has 0 unspecified atom stereocenters. The fourth-order valence-electron chi connectivity index (χ4n) is 2.31. The van der Waals surface area contributed by atoms with Crippen LogP contribution in [0.3, 0.4) is 0 Å². The van der Waals surface area contributed by atoms with Crippen LogP contribution in [0, 0.1) is 11.8 Å². The van der Waals surface area contributed by atoms with Crippen LogP contribution in [0.4, 0.5) is 0 Å². The lowest BCUT2D eigenvalue weighted by Crippen LogP contribution is -2.29. The van der Waals surface area contributed by atoms with Gasteiger partial charge in [0.1, 0.15) is 0 Å². The summed E-state index contributed by atoms with van der Waals surface area (Å²) in [6.07, 6.45) is 1.54. The standard InChI is InChI=1S/C19H28O4/c1-14(10-11-18(20)22-4)16(3)19(21)15(2)12-23-13-17-8-6-5-7-9-17/h5-10,15-16,19,21H,11-13H2,1-4H3/b14-10+/t15-,16-,19-/m0/s1. The maximum Gasteiger partial charge on any atom is 0.309 e. The molecule has 0 aliphatic heterocycles. The number of ether oxygens (including phenoxy) is 2. The summed E-state index contributed by atoms with van der Waals surface area (Å²) in [7, 11) is 1.37. The monoisotopic (exact) mass is 320 g/mol. The number of aliphatic hydroxyl groups excluding tert-OH is 1. The molecule has 0 aliphatic carbocycles. The Hall–Kier alpha value is -1.65. The molecule has 1 N–H and O–H groups in total. The first-order valence-corrected chi connectivity index (χ1v) is 7.99. The van der Waals surface area contributed by atoms with Crippen molar-refractivity contribution in [1.82, 2.24) is 0 Å². The van der Waals surface area contributed by atoms with Crippen LogP contribution in [0.5, 0.6) is 0 Å². The highest BCUT2D eigenvalue weighted by molar-refractivity contribution is 5.71. The van der Waals surface area contributed by atoms with Gasteiger partial charge in [-0.2, -0.15) is 0 Å². The number of carbonyl (C=O) groups is 1. The smallest absolute Gasteiger partial charge is 0.309 e. The highest BCUT2D eigenvalue weighted by Crippen LogP contribution is 2.21. The number of esters is 1. The first-order valence-electron chi connectivity index (χ1n) is 7.99. The Morgan fingerprint density at radius 2 is 1.91 bits per heavy atom. The summed E-state index contributed by atoms with van der Waals surface area (Å²) in [5.41, 5.74) is 2.11. The van der Waals surface area contributed by atoms with Gasteiger partial charge in [-0.15, -0.1) is 0 Å². The first-order chi connectivity index (χ1) is 11.0. The zero-order chi connectivity index (χ0) is 17.2. The molecule has 1 aromatic rings. The largest absolute Gasteiger partial charge is 0.469 e. The van der Waals surface area contributed by atoms with Gasteiger partial charge in [-0.05, 0) is 12.5 Å². The van der Waals surface area contributed by atoms with Gasteiger partial charge >= 0.3 is 5.97 Å². The van der Waals surface area contributed by atoms with Gasteiger partial charge in [-0.25, -0.2) is 0 Å². The van der Waals surface area contributed by atoms with Crippen LogP contribution >= 0.6 is 0 Å². The summed E-state index contributed by atoms with van der Waals surface area (Å²) in [4.78, 5) is 11.2. The number of carbonyl (C=O) groups excluding carboxylic acids is 1. The van der Waals surface area contributed by atoms with E-state index in [2.05, 4.69) is 4.74 Å². The SMILES string of the molecule is COC(=O)C/C=C(\C)[C@H](C)[C@@H](O)[C@@H](C)COCc1ccccc1. The second kappa shape index (κ2) is 10.2. The molecule has 0 heterocycles. The summed E-state index contributed by atoms with van der Waals surface area (Å²) in [5, 5.41) is 10.4. The van der Waals surface area contributed by atoms with Crippen LogP contribution in [0.1, 0.15) is 32.8 Å². The molecular weight excluding hydrogens is 292 g/mol. The van der Waals surface area contributed by atoms with Crippen LogP contribution in [0.25, 0.3) is 0 Å². The van der Waals surface area contributed by atoms with Crippen LogP contribution in [0.2, 0.25) is 0 Å². The zero-order valence-electron chi connectivity index (χ0n) is 14.5. The van der Waals surface area contributed by atoms with E-state index in [1.807, 2.05) is 57.2 Å². The third-order valence-electron chi connectivity index (χ3n) is 4.12. The van der Waals surface area contributed by atoms with Crippen molar-refractivity contribution < 1.29 is 19.4 Å². The highest BCUT2D eigenvalue weighted by Gasteiger charge is 2.22. The highest BCUT2D eigenvalue weighted by atomic mass is 16.5. The Morgan fingerprint density at radius 3 is 2.52 bits per heavy atom. The van der Waals surface area contributed by atoms with E-state index < -0.39 is 6.10 Å². The lowest BCUT2D eigenvalue weighted by Gasteiger charge is -2.25. The van der Waals surface area contributed by atoms with Crippen molar-refractivity contribution in [3.8, 4) is 0 Å². The van der Waals surface area contributed by atoms with Gasteiger partial charge in [0, 0.05) is 11.8 Å². The minimum Gasteiger partial charge on any atom is -0.469 e. The molecule has 0 bridgehead atoms. The molecule has 3 atom stereocenters. The van der Waals surface area contributed by atoms with Crippen LogP contribution in [-0.2, 0) is 20.9 Å². The average molecular weight is 320 g/mol. The second-order valence-electron chi connectivity index (χ2n) is 5.99. The molecule has 0 aromatic heterocycles. The topological polar surface area (TPSA) is 55.8 Å². The fourth-order valence-corrected chi connectivity index (χ4v) is 2.31. The Bertz CT molecular complexity index is 495. The zero-order valence-corrected chi connectivity index (χ0v) is 14.5. The van der Waals surface area contributed by atoms with E-state index in [1.165, 1.54) is 7.11 Å². The predicted octanol–water partition coefficient (Wildman–Crippen LogP) is 3.35. The lowest BCUT2D eigenvalue weighted by atomic mass is 9.88. The van der Waals surface area contributed by atoms with E-state index in [0.29, 0.717) is 13.2 Å². The van der Waals surface area contributed by atoms with E-state index in [0.717, 1.165) is 11.1 Å². The molecule has 4 heteroatoms. The van der Waals surface area contributed by atoms with E-state index in [9.17, 15) is 9.90 Å². The maximum absolute atomic E-state index is 11.2. The van der Waals surface area contributed by atoms with Gasteiger partial charge in [0.2, 0.25) is 0 Å². The van der Waals surface area contributed by atoms with E-state index >= 15 is 0 Å². The van der Waals surface area contributed by atoms with E-state index in [4.69, 9.17) is 4.74 Å². The Balaban J connectivity index is 2.42. The van der Waals surface area contributed by atoms with E-state index in [-0.39, 0.29) is 24.2 Å². The summed E-state index contributed by atoms with van der Waals surface area (Å²) < 4.78 is 10.3. The number of aliphatic hydroxyl groups is 1. The maximum atomic E-state index is 11.2. The average Bonchev–Trinajstić information content (AvgIpc) is 2.58. The molecule has 1 aromatic carbocycles. The molecule has 4 nitrogen and oxygen atoms in total. The van der Waals surface area contributed by atoms with Gasteiger partial charge in [0.25, 0.3) is 0 Å². The van der Waals surface area contributed by atoms with Crippen molar-refractivity contribution in [3.63, 3.8) is 0 Å². The van der Waals surface area contributed by atoms with Gasteiger partial charge in [0.15, 0.2) is 0 Å². The summed E-state index contributed by atoms with van der Waals surface area (Å²) in [5.74, 6) is -0.296. The quantitative estimate of drug-likeness (QED) is 0.560. The molecule has 0 spiro atoms. The normalized spacial score (nSPS) is 15.8. The summed E-state index contributed by atoms with van der Waals surface area (Å²) >= 11 is 0. The Kier molecular flexibility index (Phi) is 8.59. The number of methoxy groups -OCH3 is 1. The van der Waals surface area contributed by atoms with Crippen molar-refractivity contribution in [2.24, 2.45) is 11.8 Å². The molecule has 0 amide bonds. The lowest BCUT2D eigenvalue weighted by molar-refractivity contribution is -0.139. The Labute approximate surface area is 139 Å². The van der Waals surface area contributed by atoms with Crippen LogP contribution in [0.15, 0.2) is 42.0 Å². The van der Waals surface area contributed by atoms with Crippen LogP contribution in [-0.4, -0.2) is 30.9 Å². The summed E-state index contributed by atoms with van der Waals surface area (Å²) in [6.45, 7) is 6.89. The number of hydrogen-bond donors (Lipinski definition) is 1. The van der Waals surface area contributed by atoms with E-state index in [1.54, 1.807) is 0 Å². The fraction of sp³-hybridized carbons (Fsp3) is 0.526. The van der Waals surface area contributed by atoms with Gasteiger partial charge < -0.3 is 14.6 Å². The molecule has 23 heavy (non-hydrogen) atoms. The predicted molar refractivity (Wildman–Crippen MR) is 90.8 cm³/mol. The number of hydrogen-bond acceptors (Lipinski definition) is 4. The van der Waals surface area contributed by atoms with Gasteiger partial charge in [-0.1, -0.05) is 55.8 Å². The molecule has 128 valence electrons. The molecule has 0 fully saturated rings. The molecule has 0 aliphatic rings. The van der Waals surface area contributed by atoms with Crippen molar-refractivity contribution in [2.45, 2.75) is 39.9 Å². The second-order valence-corrected chi connectivity index (χ2v) is 5.99. The molecule has 0 saturated heterocycles. The van der Waals surface area contributed by atoms with Gasteiger partial charge in [0.05, 0.1) is 32.8 Å². The van der Waals surface area contributed by atoms with Crippen molar-refractivity contribution in [1.29, 1.82) is 0 Å². The molecular formula is C19H28O4. The third kappa shape index (κ3) is 6.97. The molecule has 0 saturated carbocycles. The first kappa shape index (κ1) is 19.4. The summed E-state index contributed by atoms with van der Waals surface area (Å²) in [6, 6.07) is 9.97. The van der Waals surface area contributed by atoms with Crippen molar-refractivity contribution >= 4 is 5.97 Å². The number of rotatable bonds is 9. The van der Waals surface area contributed by atoms with Crippen molar-refractivity contribution in [2.75, 3.05) is 13.7 Å². The minimum absolute atomic E-state index is 0.00943. The van der Waals surface area contributed by atoms with Gasteiger partial charge in [-0.3, -0.25) is 4.79 Å². The van der Waals surface area contributed by atoms with Crippen LogP contribution < -0.4 is 0 Å². The minimum atomic E-state index is -0.514. The Morgan fingerprint density at radius 1 is 1.26 bits per heavy atom. The molecule has 1 rings (SSSR count).